The summed E-state index contributed by atoms with van der Waals surface area (Å²) in [5.41, 5.74) is 4.00. The Morgan fingerprint density at radius 1 is 1.11 bits per heavy atom. The third-order valence-corrected chi connectivity index (χ3v) is 2.67. The molecule has 0 atom stereocenters. The largest absolute Gasteiger partial charge is 1.00 e. The van der Waals surface area contributed by atoms with Crippen LogP contribution in [0.3, 0.4) is 0 Å². The fraction of sp³-hybridized carbons (Fsp3) is 0. The van der Waals surface area contributed by atoms with E-state index in [1.165, 1.54) is 12.1 Å². The molecule has 0 radical (unpaired) electrons. The summed E-state index contributed by atoms with van der Waals surface area (Å²) in [6, 6.07) is 7.84. The zero-order valence-corrected chi connectivity index (χ0v) is 10.5. The topological polar surface area (TPSA) is 54.8 Å². The maximum absolute atomic E-state index is 12.8. The van der Waals surface area contributed by atoms with Gasteiger partial charge in [-0.1, -0.05) is 21.8 Å². The third kappa shape index (κ3) is 2.20. The van der Waals surface area contributed by atoms with Gasteiger partial charge in [0.2, 0.25) is 0 Å². The number of nitrogens with zero attached hydrogens (tertiary/aromatic N) is 3. The van der Waals surface area contributed by atoms with Crippen molar-refractivity contribution in [2.24, 2.45) is 5.10 Å². The molecule has 92 valence electrons. The summed E-state index contributed by atoms with van der Waals surface area (Å²) in [5, 5.41) is 12.2. The van der Waals surface area contributed by atoms with Gasteiger partial charge in [0.15, 0.2) is 5.15 Å². The number of fused-ring (bicyclic) bond motifs is 1. The van der Waals surface area contributed by atoms with Crippen molar-refractivity contribution in [1.82, 2.24) is 10.2 Å². The number of aromatic nitrogens is 2. The Hall–Kier alpha value is -1.56. The van der Waals surface area contributed by atoms with Crippen LogP contribution in [0.25, 0.3) is 0 Å². The van der Waals surface area contributed by atoms with Gasteiger partial charge in [0.05, 0.1) is 5.56 Å². The van der Waals surface area contributed by atoms with Crippen LogP contribution in [0.4, 0.5) is 10.2 Å². The van der Waals surface area contributed by atoms with Gasteiger partial charge in [-0.05, 0) is 30.3 Å². The molecule has 18 heavy (non-hydrogen) atoms. The van der Waals surface area contributed by atoms with Crippen molar-refractivity contribution in [3.8, 4) is 0 Å². The van der Waals surface area contributed by atoms with Gasteiger partial charge in [0, 0.05) is 5.56 Å². The second kappa shape index (κ2) is 4.97. The number of halogens is 3. The highest BCUT2D eigenvalue weighted by Gasteiger charge is 2.24. The van der Waals surface area contributed by atoms with Crippen molar-refractivity contribution in [2.45, 2.75) is 0 Å². The van der Waals surface area contributed by atoms with Crippen molar-refractivity contribution in [3.05, 3.63) is 52.4 Å². The fourth-order valence-corrected chi connectivity index (χ4v) is 1.84. The first-order chi connectivity index (χ1) is 8.24. The van der Waals surface area contributed by atoms with Crippen LogP contribution < -0.4 is 17.8 Å². The minimum atomic E-state index is -0.276. The van der Waals surface area contributed by atoms with Crippen LogP contribution in [0.5, 0.6) is 0 Å². The van der Waals surface area contributed by atoms with Crippen LogP contribution in [-0.4, -0.2) is 15.9 Å². The predicted molar refractivity (Wildman–Crippen MR) is 60.7 cm³/mol. The zero-order valence-electron chi connectivity index (χ0n) is 8.94. The molecule has 0 bridgehead atoms. The van der Waals surface area contributed by atoms with Gasteiger partial charge in [-0.2, -0.15) is 5.43 Å². The molecule has 3 rings (SSSR count). The molecule has 0 spiro atoms. The lowest BCUT2D eigenvalue weighted by molar-refractivity contribution is -0.577. The molecule has 0 saturated carbocycles. The molecule has 0 saturated heterocycles. The molecule has 2 N–H and O–H groups in total. The molecular weight excluding hydrogens is 278 g/mol. The maximum atomic E-state index is 12.8. The van der Waals surface area contributed by atoms with Crippen LogP contribution in [0, 0.1) is 5.82 Å². The Bertz CT molecular complexity index is 613. The molecule has 0 unspecified atom stereocenters. The maximum Gasteiger partial charge on any atom is 0.279 e. The van der Waals surface area contributed by atoms with Crippen LogP contribution in [0.2, 0.25) is 5.15 Å². The lowest BCUT2D eigenvalue weighted by atomic mass is 10.0. The van der Waals surface area contributed by atoms with Crippen molar-refractivity contribution in [1.29, 1.82) is 0 Å². The summed E-state index contributed by atoms with van der Waals surface area (Å²) in [5.74, 6) is 0.399. The number of hydrogen-bond donors (Lipinski definition) is 1. The summed E-state index contributed by atoms with van der Waals surface area (Å²) >= 11 is 5.80. The monoisotopic (exact) mass is 284 g/mol. The van der Waals surface area contributed by atoms with Gasteiger partial charge in [-0.15, -0.1) is 5.10 Å². The van der Waals surface area contributed by atoms with E-state index >= 15 is 0 Å². The summed E-state index contributed by atoms with van der Waals surface area (Å²) in [7, 11) is 0. The van der Waals surface area contributed by atoms with E-state index in [9.17, 15) is 4.39 Å². The average Bonchev–Trinajstić information content (AvgIpc) is 2.73. The van der Waals surface area contributed by atoms with Crippen molar-refractivity contribution in [2.75, 3.05) is 0 Å². The van der Waals surface area contributed by atoms with E-state index in [0.717, 1.165) is 16.8 Å². The second-order valence-electron chi connectivity index (χ2n) is 3.58. The van der Waals surface area contributed by atoms with Gasteiger partial charge in [-0.25, -0.2) is 4.39 Å². The van der Waals surface area contributed by atoms with E-state index in [0.29, 0.717) is 11.0 Å². The van der Waals surface area contributed by atoms with E-state index < -0.39 is 0 Å². The van der Waals surface area contributed by atoms with Crippen LogP contribution in [0.1, 0.15) is 11.1 Å². The highest BCUT2D eigenvalue weighted by molar-refractivity contribution is 6.30. The Labute approximate surface area is 113 Å². The molecule has 0 aliphatic carbocycles. The third-order valence-electron chi connectivity index (χ3n) is 2.48. The first-order valence-corrected chi connectivity index (χ1v) is 5.32. The highest BCUT2D eigenvalue weighted by Crippen LogP contribution is 2.19. The van der Waals surface area contributed by atoms with Crippen molar-refractivity contribution < 1.29 is 22.2 Å². The van der Waals surface area contributed by atoms with Gasteiger partial charge in [0.1, 0.15) is 11.5 Å². The predicted octanol–water partition coefficient (Wildman–Crippen LogP) is -1.77. The number of quaternary nitrogens is 1. The van der Waals surface area contributed by atoms with Crippen LogP contribution >= 0.6 is 11.6 Å². The van der Waals surface area contributed by atoms with E-state index in [2.05, 4.69) is 15.3 Å². The fourth-order valence-electron chi connectivity index (χ4n) is 1.70. The molecule has 2 heterocycles. The van der Waals surface area contributed by atoms with E-state index in [1.54, 1.807) is 23.6 Å². The molecule has 1 aliphatic rings. The molecule has 4 nitrogen and oxygen atoms in total. The number of rotatable bonds is 1. The first-order valence-electron chi connectivity index (χ1n) is 4.94. The van der Waals surface area contributed by atoms with E-state index in [-0.39, 0.29) is 18.2 Å². The Balaban J connectivity index is 0.00000120. The molecule has 0 fully saturated rings. The zero-order chi connectivity index (χ0) is 11.8. The lowest BCUT2D eigenvalue weighted by Gasteiger charge is -1.99. The molecule has 0 amide bonds. The standard InChI is InChI=1S/C11H6ClFN4.ClH/c12-9-5-8-10(15-17-11(8)16-14-9)6-1-3-7(13)4-2-6;/h1-5H,(H,15,16,17);1H. The molecule has 7 heteroatoms. The van der Waals surface area contributed by atoms with Crippen molar-refractivity contribution >= 4 is 23.1 Å². The summed E-state index contributed by atoms with van der Waals surface area (Å²) in [6.07, 6.45) is 0. The molecule has 1 aliphatic heterocycles. The average molecular weight is 285 g/mol. The first kappa shape index (κ1) is 12.9. The minimum absolute atomic E-state index is 0. The van der Waals surface area contributed by atoms with E-state index in [1.807, 2.05) is 0 Å². The molecule has 1 aromatic carbocycles. The Morgan fingerprint density at radius 2 is 1.83 bits per heavy atom. The van der Waals surface area contributed by atoms with Crippen molar-refractivity contribution in [3.63, 3.8) is 0 Å². The van der Waals surface area contributed by atoms with Gasteiger partial charge in [-0.3, -0.25) is 0 Å². The lowest BCUT2D eigenvalue weighted by Crippen LogP contribution is -3.00. The van der Waals surface area contributed by atoms with Crippen LogP contribution in [-0.2, 0) is 0 Å². The van der Waals surface area contributed by atoms with Gasteiger partial charge >= 0.3 is 0 Å². The summed E-state index contributed by atoms with van der Waals surface area (Å²) in [4.78, 5) is 0. The summed E-state index contributed by atoms with van der Waals surface area (Å²) in [6.45, 7) is 0. The van der Waals surface area contributed by atoms with Gasteiger partial charge in [0.25, 0.3) is 5.82 Å². The number of benzene rings is 1. The SMILES string of the molecule is Fc1ccc(C2=N[NH2+]c3nnc(Cl)cc32)cc1.[Cl-]. The minimum Gasteiger partial charge on any atom is -1.00 e. The van der Waals surface area contributed by atoms with Gasteiger partial charge < -0.3 is 12.4 Å². The smallest absolute Gasteiger partial charge is 0.279 e. The molecule has 1 aromatic heterocycles. The number of hydrogen-bond acceptors (Lipinski definition) is 3. The quantitative estimate of drug-likeness (QED) is 0.631. The summed E-state index contributed by atoms with van der Waals surface area (Å²) < 4.78 is 12.8. The van der Waals surface area contributed by atoms with Crippen LogP contribution in [0.15, 0.2) is 35.4 Å². The normalized spacial score (nSPS) is 12.7. The van der Waals surface area contributed by atoms with E-state index in [4.69, 9.17) is 11.6 Å². The Morgan fingerprint density at radius 3 is 2.56 bits per heavy atom. The number of nitrogens with two attached hydrogens (primary N) is 1. The highest BCUT2D eigenvalue weighted by atomic mass is 35.5. The second-order valence-corrected chi connectivity index (χ2v) is 3.97. The molecular formula is C11H7Cl2FN4. The molecule has 2 aromatic rings. The Kier molecular flexibility index (Phi) is 3.56.